The number of aryl methyl sites for hydroxylation is 1. The van der Waals surface area contributed by atoms with E-state index in [-0.39, 0.29) is 12.3 Å². The molecule has 0 bridgehead atoms. The number of hydrogen-bond donors (Lipinski definition) is 1. The third kappa shape index (κ3) is 3.40. The number of aromatic nitrogens is 4. The standard InChI is InChI=1S/C18H15N5O2S/c1-12-19-6-7-23(12)16-5-4-13(10-20-16)21-17(24)9-14-11-26-18(22-14)15-3-2-8-25-15/h2-8,10-11H,9H2,1H3,(H,21,24). The Labute approximate surface area is 153 Å². The summed E-state index contributed by atoms with van der Waals surface area (Å²) in [5.41, 5.74) is 1.34. The molecular formula is C18H15N5O2S. The van der Waals surface area contributed by atoms with Crippen molar-refractivity contribution in [2.75, 3.05) is 5.32 Å². The zero-order valence-electron chi connectivity index (χ0n) is 13.9. The smallest absolute Gasteiger partial charge is 0.230 e. The number of carbonyl (C=O) groups is 1. The van der Waals surface area contributed by atoms with Crippen molar-refractivity contribution in [1.29, 1.82) is 0 Å². The second-order valence-corrected chi connectivity index (χ2v) is 6.45. The van der Waals surface area contributed by atoms with Gasteiger partial charge in [-0.25, -0.2) is 15.0 Å². The van der Waals surface area contributed by atoms with Crippen molar-refractivity contribution >= 4 is 22.9 Å². The summed E-state index contributed by atoms with van der Waals surface area (Å²) in [6.07, 6.45) is 6.99. The van der Waals surface area contributed by atoms with Crippen molar-refractivity contribution in [3.05, 3.63) is 66.0 Å². The van der Waals surface area contributed by atoms with Crippen molar-refractivity contribution < 1.29 is 9.21 Å². The third-order valence-electron chi connectivity index (χ3n) is 3.73. The average molecular weight is 365 g/mol. The summed E-state index contributed by atoms with van der Waals surface area (Å²) in [6.45, 7) is 1.90. The lowest BCUT2D eigenvalue weighted by Crippen LogP contribution is -2.15. The summed E-state index contributed by atoms with van der Waals surface area (Å²) >= 11 is 1.45. The molecule has 0 aliphatic rings. The summed E-state index contributed by atoms with van der Waals surface area (Å²) in [5.74, 6) is 2.16. The van der Waals surface area contributed by atoms with Gasteiger partial charge in [-0.15, -0.1) is 11.3 Å². The molecule has 7 nitrogen and oxygen atoms in total. The zero-order valence-corrected chi connectivity index (χ0v) is 14.7. The van der Waals surface area contributed by atoms with Gasteiger partial charge < -0.3 is 9.73 Å². The minimum atomic E-state index is -0.144. The minimum absolute atomic E-state index is 0.144. The quantitative estimate of drug-likeness (QED) is 0.585. The fourth-order valence-corrected chi connectivity index (χ4v) is 3.28. The number of thiazole rings is 1. The van der Waals surface area contributed by atoms with E-state index in [1.165, 1.54) is 11.3 Å². The van der Waals surface area contributed by atoms with Crippen LogP contribution in [-0.2, 0) is 11.2 Å². The Morgan fingerprint density at radius 2 is 2.23 bits per heavy atom. The highest BCUT2D eigenvalue weighted by Gasteiger charge is 2.11. The number of anilines is 1. The number of rotatable bonds is 5. The zero-order chi connectivity index (χ0) is 17.9. The Kier molecular flexibility index (Phi) is 4.32. The Hall–Kier alpha value is -3.26. The van der Waals surface area contributed by atoms with Gasteiger partial charge in [-0.3, -0.25) is 9.36 Å². The lowest BCUT2D eigenvalue weighted by molar-refractivity contribution is -0.115. The maximum absolute atomic E-state index is 12.2. The molecule has 0 saturated carbocycles. The Balaban J connectivity index is 1.40. The van der Waals surface area contributed by atoms with Crippen LogP contribution in [0.2, 0.25) is 0 Å². The summed E-state index contributed by atoms with van der Waals surface area (Å²) in [6, 6.07) is 7.31. The van der Waals surface area contributed by atoms with E-state index in [2.05, 4.69) is 20.3 Å². The molecule has 4 heterocycles. The molecule has 0 spiro atoms. The van der Waals surface area contributed by atoms with Crippen molar-refractivity contribution in [3.8, 4) is 16.6 Å². The predicted molar refractivity (Wildman–Crippen MR) is 98.2 cm³/mol. The van der Waals surface area contributed by atoms with E-state index in [0.29, 0.717) is 17.1 Å². The summed E-state index contributed by atoms with van der Waals surface area (Å²) in [7, 11) is 0. The van der Waals surface area contributed by atoms with Gasteiger partial charge in [-0.2, -0.15) is 0 Å². The monoisotopic (exact) mass is 365 g/mol. The number of furan rings is 1. The highest BCUT2D eigenvalue weighted by molar-refractivity contribution is 7.13. The van der Waals surface area contributed by atoms with Crippen LogP contribution in [0.4, 0.5) is 5.69 Å². The van der Waals surface area contributed by atoms with Crippen LogP contribution in [0.15, 0.2) is 58.9 Å². The van der Waals surface area contributed by atoms with Crippen molar-refractivity contribution in [1.82, 2.24) is 19.5 Å². The number of carbonyl (C=O) groups excluding carboxylic acids is 1. The van der Waals surface area contributed by atoms with E-state index in [4.69, 9.17) is 4.42 Å². The first-order chi connectivity index (χ1) is 12.7. The first-order valence-electron chi connectivity index (χ1n) is 7.93. The van der Waals surface area contributed by atoms with Crippen molar-refractivity contribution in [2.24, 2.45) is 0 Å². The Bertz CT molecular complexity index is 1020. The van der Waals surface area contributed by atoms with E-state index in [1.807, 2.05) is 47.3 Å². The van der Waals surface area contributed by atoms with Crippen molar-refractivity contribution in [3.63, 3.8) is 0 Å². The van der Waals surface area contributed by atoms with Crippen LogP contribution in [0.3, 0.4) is 0 Å². The van der Waals surface area contributed by atoms with Gasteiger partial charge in [0.05, 0.1) is 30.3 Å². The number of pyridine rings is 1. The van der Waals surface area contributed by atoms with Gasteiger partial charge in [0.1, 0.15) is 11.6 Å². The predicted octanol–water partition coefficient (Wildman–Crippen LogP) is 3.47. The summed E-state index contributed by atoms with van der Waals surface area (Å²) in [4.78, 5) is 25.2. The molecule has 0 aromatic carbocycles. The van der Waals surface area contributed by atoms with Gasteiger partial charge in [0.2, 0.25) is 5.91 Å². The van der Waals surface area contributed by atoms with Crippen LogP contribution in [0.1, 0.15) is 11.5 Å². The van der Waals surface area contributed by atoms with Gasteiger partial charge in [-0.1, -0.05) is 0 Å². The largest absolute Gasteiger partial charge is 0.462 e. The second-order valence-electron chi connectivity index (χ2n) is 5.60. The molecule has 4 aromatic rings. The summed E-state index contributed by atoms with van der Waals surface area (Å²) < 4.78 is 7.19. The normalized spacial score (nSPS) is 10.8. The van der Waals surface area contributed by atoms with E-state index >= 15 is 0 Å². The lowest BCUT2D eigenvalue weighted by Gasteiger charge is -2.07. The van der Waals surface area contributed by atoms with Crippen LogP contribution < -0.4 is 5.32 Å². The molecule has 26 heavy (non-hydrogen) atoms. The van der Waals surface area contributed by atoms with Gasteiger partial charge in [0, 0.05) is 17.8 Å². The van der Waals surface area contributed by atoms with E-state index in [9.17, 15) is 4.79 Å². The molecule has 130 valence electrons. The van der Waals surface area contributed by atoms with Crippen LogP contribution >= 0.6 is 11.3 Å². The second kappa shape index (κ2) is 6.93. The highest BCUT2D eigenvalue weighted by atomic mass is 32.1. The molecule has 0 saturated heterocycles. The maximum Gasteiger partial charge on any atom is 0.230 e. The number of hydrogen-bond acceptors (Lipinski definition) is 6. The van der Waals surface area contributed by atoms with Crippen molar-refractivity contribution in [2.45, 2.75) is 13.3 Å². The molecule has 1 N–H and O–H groups in total. The molecule has 0 radical (unpaired) electrons. The summed E-state index contributed by atoms with van der Waals surface area (Å²) in [5, 5.41) is 5.46. The molecule has 0 aliphatic carbocycles. The fraction of sp³-hybridized carbons (Fsp3) is 0.111. The van der Waals surface area contributed by atoms with Crippen LogP contribution in [0.25, 0.3) is 16.6 Å². The van der Waals surface area contributed by atoms with E-state index in [0.717, 1.165) is 16.6 Å². The van der Waals surface area contributed by atoms with E-state index < -0.39 is 0 Å². The third-order valence-corrected chi connectivity index (χ3v) is 4.64. The van der Waals surface area contributed by atoms with E-state index in [1.54, 1.807) is 18.7 Å². The molecule has 4 rings (SSSR count). The maximum atomic E-state index is 12.2. The minimum Gasteiger partial charge on any atom is -0.462 e. The number of amides is 1. The Morgan fingerprint density at radius 1 is 1.31 bits per heavy atom. The lowest BCUT2D eigenvalue weighted by atomic mass is 10.3. The molecule has 0 fully saturated rings. The number of nitrogens with zero attached hydrogens (tertiary/aromatic N) is 4. The van der Waals surface area contributed by atoms with Gasteiger partial charge >= 0.3 is 0 Å². The highest BCUT2D eigenvalue weighted by Crippen LogP contribution is 2.24. The van der Waals surface area contributed by atoms with Crippen LogP contribution in [0.5, 0.6) is 0 Å². The molecule has 4 aromatic heterocycles. The topological polar surface area (TPSA) is 85.8 Å². The van der Waals surface area contributed by atoms with Gasteiger partial charge in [0.15, 0.2) is 10.8 Å². The first kappa shape index (κ1) is 16.2. The number of imidazole rings is 1. The molecule has 0 unspecified atom stereocenters. The molecule has 1 amide bonds. The van der Waals surface area contributed by atoms with Crippen LogP contribution in [0, 0.1) is 6.92 Å². The van der Waals surface area contributed by atoms with Gasteiger partial charge in [-0.05, 0) is 31.2 Å². The average Bonchev–Trinajstić information content (AvgIpc) is 3.37. The first-order valence-corrected chi connectivity index (χ1v) is 8.81. The fourth-order valence-electron chi connectivity index (χ4n) is 2.49. The molecule has 8 heteroatoms. The number of nitrogens with one attached hydrogen (secondary N) is 1. The molecular weight excluding hydrogens is 350 g/mol. The van der Waals surface area contributed by atoms with Gasteiger partial charge in [0.25, 0.3) is 0 Å². The van der Waals surface area contributed by atoms with Crippen LogP contribution in [-0.4, -0.2) is 25.4 Å². The molecule has 0 atom stereocenters. The Morgan fingerprint density at radius 3 is 2.92 bits per heavy atom. The SMILES string of the molecule is Cc1nccn1-c1ccc(NC(=O)Cc2csc(-c3ccco3)n2)cn1. The molecule has 0 aliphatic heterocycles.